The molecule has 4 aliphatic rings. The fourth-order valence-electron chi connectivity index (χ4n) is 6.62. The molecule has 6 atom stereocenters. The summed E-state index contributed by atoms with van der Waals surface area (Å²) in [5, 5.41) is 0. The van der Waals surface area contributed by atoms with Gasteiger partial charge in [-0.2, -0.15) is 0 Å². The van der Waals surface area contributed by atoms with E-state index in [-0.39, 0.29) is 29.2 Å². The minimum absolute atomic E-state index is 0.0363. The molecule has 4 rings (SSSR count). The zero-order valence-corrected chi connectivity index (χ0v) is 22.3. The van der Waals surface area contributed by atoms with E-state index in [0.717, 1.165) is 12.8 Å². The van der Waals surface area contributed by atoms with Gasteiger partial charge in [0, 0.05) is 12.8 Å². The molecule has 4 heteroatoms. The Kier molecular flexibility index (Phi) is 7.05. The first-order valence-electron chi connectivity index (χ1n) is 13.5. The molecule has 2 bridgehead atoms. The molecule has 0 spiro atoms. The molecule has 4 nitrogen and oxygen atoms in total. The van der Waals surface area contributed by atoms with Gasteiger partial charge >= 0.3 is 11.9 Å². The van der Waals surface area contributed by atoms with E-state index in [9.17, 15) is 9.59 Å². The van der Waals surface area contributed by atoms with Crippen LogP contribution in [0.5, 0.6) is 0 Å². The largest absolute Gasteiger partial charge is 0.454 e. The highest BCUT2D eigenvalue weighted by atomic mass is 16.6. The Labute approximate surface area is 211 Å². The van der Waals surface area contributed by atoms with Crippen LogP contribution in [0.4, 0.5) is 0 Å². The quantitative estimate of drug-likeness (QED) is 0.277. The lowest BCUT2D eigenvalue weighted by molar-refractivity contribution is -0.174. The van der Waals surface area contributed by atoms with Gasteiger partial charge < -0.3 is 9.47 Å². The third-order valence-electron chi connectivity index (χ3n) is 9.06. The summed E-state index contributed by atoms with van der Waals surface area (Å²) >= 11 is 0. The predicted octanol–water partition coefficient (Wildman–Crippen LogP) is 7.04. The van der Waals surface area contributed by atoms with Crippen molar-refractivity contribution in [2.24, 2.45) is 29.1 Å². The van der Waals surface area contributed by atoms with E-state index in [1.165, 1.54) is 11.1 Å². The van der Waals surface area contributed by atoms with E-state index in [4.69, 9.17) is 9.47 Å². The highest BCUT2D eigenvalue weighted by molar-refractivity contribution is 5.85. The lowest BCUT2D eigenvalue weighted by Gasteiger charge is -2.36. The fraction of sp³-hybridized carbons (Fsp3) is 0.613. The second kappa shape index (κ2) is 9.59. The number of fused-ring (bicyclic) bond motifs is 2. The van der Waals surface area contributed by atoms with Crippen molar-refractivity contribution in [3.05, 3.63) is 59.8 Å². The highest BCUT2D eigenvalue weighted by Crippen LogP contribution is 2.60. The van der Waals surface area contributed by atoms with E-state index in [2.05, 4.69) is 90.2 Å². The number of hydrogen-bond acceptors (Lipinski definition) is 4. The molecule has 0 aromatic rings. The smallest absolute Gasteiger partial charge is 0.311 e. The van der Waals surface area contributed by atoms with Crippen LogP contribution in [0.15, 0.2) is 59.8 Å². The summed E-state index contributed by atoms with van der Waals surface area (Å²) in [5.74, 6) is -1.65. The molecule has 0 aliphatic heterocycles. The van der Waals surface area contributed by atoms with Crippen LogP contribution in [-0.2, 0) is 19.1 Å². The molecular formula is C31H42O4. The van der Waals surface area contributed by atoms with Gasteiger partial charge in [-0.15, -0.1) is 0 Å². The number of allylic oxidation sites excluding steroid dienone is 6. The fourth-order valence-corrected chi connectivity index (χ4v) is 6.62. The number of hydrogen-bond donors (Lipinski definition) is 0. The Morgan fingerprint density at radius 1 is 0.771 bits per heavy atom. The van der Waals surface area contributed by atoms with Gasteiger partial charge in [0.2, 0.25) is 0 Å². The summed E-state index contributed by atoms with van der Waals surface area (Å²) < 4.78 is 12.6. The van der Waals surface area contributed by atoms with Gasteiger partial charge in [-0.3, -0.25) is 9.59 Å². The maximum atomic E-state index is 13.9. The predicted molar refractivity (Wildman–Crippen MR) is 139 cm³/mol. The van der Waals surface area contributed by atoms with Crippen molar-refractivity contribution >= 4 is 11.9 Å². The summed E-state index contributed by atoms with van der Waals surface area (Å²) in [6.07, 6.45) is 21.5. The summed E-state index contributed by atoms with van der Waals surface area (Å²) in [4.78, 5) is 27.7. The van der Waals surface area contributed by atoms with Gasteiger partial charge in [0.25, 0.3) is 0 Å². The van der Waals surface area contributed by atoms with Crippen molar-refractivity contribution < 1.29 is 19.1 Å². The van der Waals surface area contributed by atoms with Crippen LogP contribution in [-0.4, -0.2) is 23.1 Å². The van der Waals surface area contributed by atoms with Crippen LogP contribution in [0.2, 0.25) is 0 Å². The molecule has 0 radical (unpaired) electrons. The van der Waals surface area contributed by atoms with Crippen LogP contribution in [0, 0.1) is 29.1 Å². The van der Waals surface area contributed by atoms with Crippen LogP contribution in [0.25, 0.3) is 0 Å². The molecule has 0 amide bonds. The van der Waals surface area contributed by atoms with E-state index in [1.807, 2.05) is 0 Å². The molecule has 1 saturated carbocycles. The number of carbonyl (C=O) groups excluding carboxylic acids is 2. The van der Waals surface area contributed by atoms with Gasteiger partial charge in [0.1, 0.15) is 11.2 Å². The van der Waals surface area contributed by atoms with Crippen molar-refractivity contribution in [2.45, 2.75) is 91.3 Å². The Hall–Kier alpha value is -2.36. The van der Waals surface area contributed by atoms with Crippen LogP contribution < -0.4 is 0 Å². The van der Waals surface area contributed by atoms with Gasteiger partial charge in [0.05, 0.1) is 11.8 Å². The Morgan fingerprint density at radius 2 is 1.17 bits per heavy atom. The molecule has 35 heavy (non-hydrogen) atoms. The molecule has 6 unspecified atom stereocenters. The molecule has 0 aromatic heterocycles. The van der Waals surface area contributed by atoms with Crippen molar-refractivity contribution in [3.8, 4) is 0 Å². The monoisotopic (exact) mass is 478 g/mol. The zero-order valence-electron chi connectivity index (χ0n) is 22.3. The minimum Gasteiger partial charge on any atom is -0.454 e. The molecule has 0 heterocycles. The molecular weight excluding hydrogens is 436 g/mol. The first kappa shape index (κ1) is 25.7. The molecule has 4 aliphatic carbocycles. The van der Waals surface area contributed by atoms with Crippen molar-refractivity contribution in [1.82, 2.24) is 0 Å². The minimum atomic E-state index is -0.640. The van der Waals surface area contributed by atoms with Crippen LogP contribution in [0.3, 0.4) is 0 Å². The lowest BCUT2D eigenvalue weighted by atomic mass is 9.79. The zero-order chi connectivity index (χ0) is 25.4. The second-order valence-electron chi connectivity index (χ2n) is 11.3. The van der Waals surface area contributed by atoms with E-state index in [0.29, 0.717) is 25.7 Å². The van der Waals surface area contributed by atoms with E-state index >= 15 is 0 Å². The first-order chi connectivity index (χ1) is 16.6. The van der Waals surface area contributed by atoms with Crippen LogP contribution in [0.1, 0.15) is 80.1 Å². The molecule has 190 valence electrons. The third kappa shape index (κ3) is 4.49. The SMILES string of the molecule is CCC1=CC(CC)(OC(=O)C2C(C(=O)OC3(CC)C=C(CC)C=CC3)C3C=CC2C3(C)C)CC=C1. The number of carbonyl (C=O) groups is 2. The standard InChI is InChI=1S/C31H42O4/c1-7-21-13-11-17-30(9-3,19-21)34-27(32)25-23-15-16-24(29(23,5)6)26(25)28(33)35-31(10-4)18-12-14-22(8-2)20-31/h11-16,19-20,23-26H,7-10,17-18H2,1-6H3. The maximum absolute atomic E-state index is 13.9. The molecule has 0 saturated heterocycles. The summed E-state index contributed by atoms with van der Waals surface area (Å²) in [7, 11) is 0. The molecule has 1 fully saturated rings. The van der Waals surface area contributed by atoms with Crippen molar-refractivity contribution in [1.29, 1.82) is 0 Å². The topological polar surface area (TPSA) is 52.6 Å². The number of ether oxygens (including phenoxy) is 2. The van der Waals surface area contributed by atoms with Crippen LogP contribution >= 0.6 is 0 Å². The first-order valence-corrected chi connectivity index (χ1v) is 13.5. The maximum Gasteiger partial charge on any atom is 0.311 e. The van der Waals surface area contributed by atoms with Gasteiger partial charge in [-0.1, -0.05) is 78.0 Å². The van der Waals surface area contributed by atoms with E-state index < -0.39 is 23.0 Å². The molecule has 0 aromatic carbocycles. The number of rotatable bonds is 8. The van der Waals surface area contributed by atoms with Crippen molar-refractivity contribution in [2.75, 3.05) is 0 Å². The summed E-state index contributed by atoms with van der Waals surface area (Å²) in [5.41, 5.74) is 0.894. The summed E-state index contributed by atoms with van der Waals surface area (Å²) in [6, 6.07) is 0. The molecule has 0 N–H and O–H groups in total. The highest BCUT2D eigenvalue weighted by Gasteiger charge is 2.63. The van der Waals surface area contributed by atoms with Gasteiger partial charge in [-0.05, 0) is 66.2 Å². The van der Waals surface area contributed by atoms with Crippen molar-refractivity contribution in [3.63, 3.8) is 0 Å². The average molecular weight is 479 g/mol. The second-order valence-corrected chi connectivity index (χ2v) is 11.3. The van der Waals surface area contributed by atoms with E-state index in [1.54, 1.807) is 0 Å². The Morgan fingerprint density at radius 3 is 1.51 bits per heavy atom. The summed E-state index contributed by atoms with van der Waals surface area (Å²) in [6.45, 7) is 12.7. The lowest BCUT2D eigenvalue weighted by Crippen LogP contribution is -2.43. The third-order valence-corrected chi connectivity index (χ3v) is 9.06. The Balaban J connectivity index is 1.62. The Bertz CT molecular complexity index is 931. The van der Waals surface area contributed by atoms with Gasteiger partial charge in [-0.25, -0.2) is 0 Å². The average Bonchev–Trinajstić information content (AvgIpc) is 3.28. The number of esters is 2. The normalized spacial score (nSPS) is 36.6. The van der Waals surface area contributed by atoms with Gasteiger partial charge in [0.15, 0.2) is 0 Å².